The molecule has 3 aliphatic rings. The number of aryl methyl sites for hydroxylation is 1. The fourth-order valence-corrected chi connectivity index (χ4v) is 5.66. The fourth-order valence-electron chi connectivity index (χ4n) is 5.66. The van der Waals surface area contributed by atoms with Gasteiger partial charge in [-0.1, -0.05) is 13.8 Å². The highest BCUT2D eigenvalue weighted by Crippen LogP contribution is 2.54. The van der Waals surface area contributed by atoms with Crippen molar-refractivity contribution >= 4 is 17.1 Å². The van der Waals surface area contributed by atoms with Gasteiger partial charge in [0.05, 0.1) is 18.1 Å². The summed E-state index contributed by atoms with van der Waals surface area (Å²) in [6.45, 7) is 6.70. The molecular weight excluding hydrogens is 412 g/mol. The van der Waals surface area contributed by atoms with Gasteiger partial charge in [-0.15, -0.1) is 0 Å². The third-order valence-corrected chi connectivity index (χ3v) is 7.35. The summed E-state index contributed by atoms with van der Waals surface area (Å²) in [5, 5.41) is 9.05. The van der Waals surface area contributed by atoms with E-state index in [4.69, 9.17) is 14.8 Å². The van der Waals surface area contributed by atoms with E-state index in [-0.39, 0.29) is 34.8 Å². The minimum Gasteiger partial charge on any atom is -0.481 e. The van der Waals surface area contributed by atoms with Gasteiger partial charge >= 0.3 is 11.7 Å². The molecule has 3 aliphatic carbocycles. The van der Waals surface area contributed by atoms with Crippen molar-refractivity contribution < 1.29 is 14.6 Å². The van der Waals surface area contributed by atoms with E-state index >= 15 is 0 Å². The number of hydrogen-bond acceptors (Lipinski definition) is 5. The number of imidazole rings is 1. The van der Waals surface area contributed by atoms with Crippen LogP contribution in [0.3, 0.4) is 0 Å². The van der Waals surface area contributed by atoms with Gasteiger partial charge in [-0.2, -0.15) is 0 Å². The maximum Gasteiger partial charge on any atom is 0.332 e. The zero-order chi connectivity index (χ0) is 23.1. The van der Waals surface area contributed by atoms with Crippen LogP contribution in [0.15, 0.2) is 9.59 Å². The molecule has 5 rings (SSSR count). The summed E-state index contributed by atoms with van der Waals surface area (Å²) in [4.78, 5) is 45.2. The summed E-state index contributed by atoms with van der Waals surface area (Å²) in [5.74, 6) is -0.0426. The lowest BCUT2D eigenvalue weighted by Gasteiger charge is -2.53. The highest BCUT2D eigenvalue weighted by molar-refractivity contribution is 5.70. The molecule has 2 heterocycles. The van der Waals surface area contributed by atoms with Crippen molar-refractivity contribution in [1.82, 2.24) is 19.1 Å². The Kier molecular flexibility index (Phi) is 6.04. The van der Waals surface area contributed by atoms with E-state index in [1.165, 1.54) is 4.57 Å². The van der Waals surface area contributed by atoms with Gasteiger partial charge in [-0.3, -0.25) is 18.7 Å². The zero-order valence-electron chi connectivity index (χ0n) is 19.3. The summed E-state index contributed by atoms with van der Waals surface area (Å²) < 4.78 is 9.19. The topological polar surface area (TPSA) is 119 Å². The van der Waals surface area contributed by atoms with E-state index in [1.807, 2.05) is 20.8 Å². The predicted octanol–water partition coefficient (Wildman–Crippen LogP) is 2.93. The normalized spacial score (nSPS) is 26.0. The number of nitrogens with zero attached hydrogens (tertiary/aromatic N) is 3. The molecule has 2 bridgehead atoms. The largest absolute Gasteiger partial charge is 0.481 e. The zero-order valence-corrected chi connectivity index (χ0v) is 19.3. The molecule has 176 valence electrons. The number of carboxylic acid groups (broad SMARTS) is 1. The summed E-state index contributed by atoms with van der Waals surface area (Å²) in [6.07, 6.45) is 6.32. The van der Waals surface area contributed by atoms with Crippen molar-refractivity contribution in [3.8, 4) is 0 Å². The predicted molar refractivity (Wildman–Crippen MR) is 120 cm³/mol. The van der Waals surface area contributed by atoms with E-state index in [0.717, 1.165) is 50.8 Å². The van der Waals surface area contributed by atoms with Crippen LogP contribution in [0.1, 0.15) is 84.4 Å². The molecular formula is C23H34N4O5. The lowest BCUT2D eigenvalue weighted by Crippen LogP contribution is -2.51. The number of carbonyl (C=O) groups is 1. The Morgan fingerprint density at radius 3 is 2.25 bits per heavy atom. The molecule has 32 heavy (non-hydrogen) atoms. The number of aromatic amines is 1. The standard InChI is InChI=1S/C23H34N4O5/c1-4-12-26-18-17(19(30)27(13-5-2)21(26)31)24-20(25-18)22-6-9-23(10-7-22,11-8-22)32-15(3)14-16(28)29/h15H,4-14H2,1-3H3,(H,24,25)(H,28,29)/t15-,22?,23?/m1/s1. The van der Waals surface area contributed by atoms with Crippen molar-refractivity contribution in [3.05, 3.63) is 26.7 Å². The van der Waals surface area contributed by atoms with Crippen molar-refractivity contribution in [1.29, 1.82) is 0 Å². The van der Waals surface area contributed by atoms with Crippen LogP contribution in [-0.2, 0) is 28.0 Å². The van der Waals surface area contributed by atoms with E-state index in [0.29, 0.717) is 30.7 Å². The summed E-state index contributed by atoms with van der Waals surface area (Å²) in [6, 6.07) is 0. The average Bonchev–Trinajstić information content (AvgIpc) is 3.21. The van der Waals surface area contributed by atoms with Gasteiger partial charge in [0, 0.05) is 18.5 Å². The molecule has 2 N–H and O–H groups in total. The number of ether oxygens (including phenoxy) is 1. The quantitative estimate of drug-likeness (QED) is 0.611. The molecule has 0 radical (unpaired) electrons. The molecule has 1 atom stereocenters. The highest BCUT2D eigenvalue weighted by atomic mass is 16.5. The van der Waals surface area contributed by atoms with Crippen LogP contribution in [0, 0.1) is 0 Å². The van der Waals surface area contributed by atoms with Crippen molar-refractivity contribution in [3.63, 3.8) is 0 Å². The Hall–Kier alpha value is -2.42. The van der Waals surface area contributed by atoms with Crippen LogP contribution in [0.2, 0.25) is 0 Å². The number of rotatable bonds is 9. The van der Waals surface area contributed by atoms with E-state index in [1.54, 1.807) is 4.57 Å². The number of nitrogens with one attached hydrogen (secondary N) is 1. The van der Waals surface area contributed by atoms with Crippen molar-refractivity contribution in [2.45, 2.75) is 109 Å². The van der Waals surface area contributed by atoms with Gasteiger partial charge in [-0.25, -0.2) is 9.78 Å². The second kappa shape index (κ2) is 8.50. The lowest BCUT2D eigenvalue weighted by molar-refractivity contribution is -0.161. The van der Waals surface area contributed by atoms with Gasteiger partial charge in [0.2, 0.25) is 0 Å². The lowest BCUT2D eigenvalue weighted by atomic mass is 9.58. The summed E-state index contributed by atoms with van der Waals surface area (Å²) >= 11 is 0. The minimum absolute atomic E-state index is 0.00939. The Bertz CT molecular complexity index is 1100. The van der Waals surface area contributed by atoms with Crippen LogP contribution in [-0.4, -0.2) is 41.9 Å². The van der Waals surface area contributed by atoms with E-state index < -0.39 is 5.97 Å². The Labute approximate surface area is 186 Å². The third-order valence-electron chi connectivity index (χ3n) is 7.35. The first kappa shape index (κ1) is 22.8. The molecule has 3 saturated carbocycles. The van der Waals surface area contributed by atoms with Gasteiger partial charge in [0.25, 0.3) is 5.56 Å². The van der Waals surface area contributed by atoms with Crippen molar-refractivity contribution in [2.75, 3.05) is 0 Å². The number of fused-ring (bicyclic) bond motifs is 4. The van der Waals surface area contributed by atoms with Crippen LogP contribution in [0.5, 0.6) is 0 Å². The Balaban J connectivity index is 1.66. The number of H-pyrrole nitrogens is 1. The maximum atomic E-state index is 13.1. The second-order valence-corrected chi connectivity index (χ2v) is 9.66. The molecule has 0 amide bonds. The molecule has 2 aromatic heterocycles. The molecule has 0 saturated heterocycles. The fraction of sp³-hybridized carbons (Fsp3) is 0.739. The Morgan fingerprint density at radius 2 is 1.69 bits per heavy atom. The van der Waals surface area contributed by atoms with E-state index in [9.17, 15) is 14.4 Å². The van der Waals surface area contributed by atoms with Crippen LogP contribution < -0.4 is 11.2 Å². The van der Waals surface area contributed by atoms with E-state index in [2.05, 4.69) is 4.98 Å². The minimum atomic E-state index is -0.844. The molecule has 0 aromatic carbocycles. The third kappa shape index (κ3) is 3.80. The van der Waals surface area contributed by atoms with Gasteiger partial charge < -0.3 is 14.8 Å². The molecule has 2 aromatic rings. The second-order valence-electron chi connectivity index (χ2n) is 9.66. The molecule has 9 heteroatoms. The number of aromatic nitrogens is 4. The van der Waals surface area contributed by atoms with Crippen LogP contribution in [0.25, 0.3) is 11.2 Å². The Morgan fingerprint density at radius 1 is 1.09 bits per heavy atom. The monoisotopic (exact) mass is 446 g/mol. The van der Waals surface area contributed by atoms with Gasteiger partial charge in [0.15, 0.2) is 5.65 Å². The number of hydrogen-bond donors (Lipinski definition) is 2. The summed E-state index contributed by atoms with van der Waals surface area (Å²) in [7, 11) is 0. The number of carboxylic acids is 1. The van der Waals surface area contributed by atoms with Gasteiger partial charge in [0.1, 0.15) is 11.3 Å². The first-order valence-corrected chi connectivity index (χ1v) is 11.9. The molecule has 9 nitrogen and oxygen atoms in total. The van der Waals surface area contributed by atoms with Crippen LogP contribution >= 0.6 is 0 Å². The maximum absolute atomic E-state index is 13.1. The molecule has 0 aliphatic heterocycles. The van der Waals surface area contributed by atoms with Gasteiger partial charge in [-0.05, 0) is 58.3 Å². The molecule has 0 spiro atoms. The smallest absolute Gasteiger partial charge is 0.332 e. The molecule has 3 fully saturated rings. The summed E-state index contributed by atoms with van der Waals surface area (Å²) in [5.41, 5.74) is -0.109. The SMILES string of the molecule is CCCn1c(=O)c2[nH]c(C34CCC(O[C@H](C)CC(=O)O)(CC3)CC4)nc2n(CCC)c1=O. The van der Waals surface area contributed by atoms with Crippen molar-refractivity contribution in [2.24, 2.45) is 0 Å². The molecule has 0 unspecified atom stereocenters. The average molecular weight is 447 g/mol. The highest BCUT2D eigenvalue weighted by Gasteiger charge is 2.52. The van der Waals surface area contributed by atoms with Crippen LogP contribution in [0.4, 0.5) is 0 Å². The first-order chi connectivity index (χ1) is 15.2. The number of aliphatic carboxylic acids is 1. The first-order valence-electron chi connectivity index (χ1n) is 11.9.